The quantitative estimate of drug-likeness (QED) is 0.0943. The number of allylic oxidation sites excluding steroid dienone is 2. The van der Waals surface area contributed by atoms with Gasteiger partial charge in [-0.3, -0.25) is 14.4 Å². The first kappa shape index (κ1) is 31.9. The highest BCUT2D eigenvalue weighted by Gasteiger charge is 2.17. The molecule has 0 aromatic heterocycles. The highest BCUT2D eigenvalue weighted by atomic mass is 16.7. The van der Waals surface area contributed by atoms with Gasteiger partial charge in [0.05, 0.1) is 0 Å². The first-order valence-electron chi connectivity index (χ1n) is 14.5. The van der Waals surface area contributed by atoms with Crippen LogP contribution < -0.4 is 5.73 Å². The molecule has 5 heteroatoms. The maximum Gasteiger partial charge on any atom is 0.246 e. The molecule has 0 heterocycles. The summed E-state index contributed by atoms with van der Waals surface area (Å²) >= 11 is 0. The van der Waals surface area contributed by atoms with Gasteiger partial charge < -0.3 is 5.73 Å². The molecule has 2 amide bonds. The number of rotatable bonds is 23. The predicted molar refractivity (Wildman–Crippen MR) is 150 cm³/mol. The van der Waals surface area contributed by atoms with E-state index in [1.165, 1.54) is 69.3 Å². The average Bonchev–Trinajstić information content (AvgIpc) is 2.88. The van der Waals surface area contributed by atoms with Crippen LogP contribution in [0.1, 0.15) is 122 Å². The van der Waals surface area contributed by atoms with Crippen molar-refractivity contribution in [2.24, 2.45) is 11.7 Å². The van der Waals surface area contributed by atoms with Gasteiger partial charge in [-0.25, -0.2) is 5.06 Å². The third-order valence-corrected chi connectivity index (χ3v) is 6.58. The van der Waals surface area contributed by atoms with Crippen molar-refractivity contribution in [3.8, 4) is 0 Å². The van der Waals surface area contributed by atoms with Gasteiger partial charge in [0.25, 0.3) is 0 Å². The van der Waals surface area contributed by atoms with Crippen LogP contribution in [-0.2, 0) is 21.0 Å². The molecule has 5 nitrogen and oxygen atoms in total. The Labute approximate surface area is 220 Å². The third-order valence-electron chi connectivity index (χ3n) is 6.58. The highest BCUT2D eigenvalue weighted by molar-refractivity contribution is 5.75. The van der Waals surface area contributed by atoms with Crippen LogP contribution in [0.2, 0.25) is 0 Å². The highest BCUT2D eigenvalue weighted by Crippen LogP contribution is 2.20. The molecule has 0 saturated heterocycles. The van der Waals surface area contributed by atoms with Crippen molar-refractivity contribution < 1.29 is 14.4 Å². The number of hydrogen-bond donors (Lipinski definition) is 1. The second-order valence-corrected chi connectivity index (χ2v) is 9.96. The molecule has 1 aromatic carbocycles. The molecular weight excluding hydrogens is 448 g/mol. The van der Waals surface area contributed by atoms with Crippen molar-refractivity contribution in [1.82, 2.24) is 5.06 Å². The lowest BCUT2D eigenvalue weighted by atomic mass is 9.94. The normalized spacial score (nSPS) is 12.2. The lowest BCUT2D eigenvalue weighted by Gasteiger charge is -2.23. The van der Waals surface area contributed by atoms with E-state index in [1.807, 2.05) is 30.3 Å². The van der Waals surface area contributed by atoms with E-state index in [0.717, 1.165) is 24.8 Å². The fraction of sp³-hybridized carbons (Fsp3) is 0.677. The second-order valence-electron chi connectivity index (χ2n) is 9.96. The molecular formula is C31H52N2O3. The molecule has 0 radical (unpaired) electrons. The summed E-state index contributed by atoms with van der Waals surface area (Å²) in [5.74, 6) is 0.0545. The minimum Gasteiger partial charge on any atom is -0.370 e. The summed E-state index contributed by atoms with van der Waals surface area (Å²) in [6, 6.07) is 9.83. The van der Waals surface area contributed by atoms with Crippen LogP contribution in [0.5, 0.6) is 0 Å². The van der Waals surface area contributed by atoms with E-state index in [9.17, 15) is 9.59 Å². The average molecular weight is 501 g/mol. The number of benzene rings is 1. The van der Waals surface area contributed by atoms with Crippen LogP contribution in [-0.4, -0.2) is 23.4 Å². The van der Waals surface area contributed by atoms with Gasteiger partial charge in [0.1, 0.15) is 6.61 Å². The molecule has 0 aliphatic carbocycles. The summed E-state index contributed by atoms with van der Waals surface area (Å²) in [6.07, 6.45) is 21.9. The van der Waals surface area contributed by atoms with E-state index in [-0.39, 0.29) is 18.2 Å². The topological polar surface area (TPSA) is 72.6 Å². The molecule has 204 valence electrons. The summed E-state index contributed by atoms with van der Waals surface area (Å²) in [4.78, 5) is 30.1. The van der Waals surface area contributed by atoms with Gasteiger partial charge in [0, 0.05) is 19.4 Å². The Morgan fingerprint density at radius 2 is 1.53 bits per heavy atom. The SMILES string of the molecule is CCCCCCCC/C=C/C(CCCCCC)CCC(=O)N(CCCC(N)=O)OCc1ccccc1. The third kappa shape index (κ3) is 17.3. The standard InChI is InChI=1S/C31H52N2O3/c1-3-5-7-9-10-11-12-15-20-28(19-14-8-6-4-2)24-25-31(35)33(26-18-23-30(32)34)36-27-29-21-16-13-17-22-29/h13,15-17,20-22,28H,3-12,14,18-19,23-27H2,1-2H3,(H2,32,34)/b20-15+. The van der Waals surface area contributed by atoms with Gasteiger partial charge in [0.2, 0.25) is 11.8 Å². The first-order valence-corrected chi connectivity index (χ1v) is 14.5. The van der Waals surface area contributed by atoms with Crippen molar-refractivity contribution in [2.45, 2.75) is 123 Å². The zero-order valence-corrected chi connectivity index (χ0v) is 23.1. The summed E-state index contributed by atoms with van der Waals surface area (Å²) in [6.45, 7) is 5.20. The van der Waals surface area contributed by atoms with E-state index in [4.69, 9.17) is 10.6 Å². The monoisotopic (exact) mass is 500 g/mol. The molecule has 0 saturated carbocycles. The summed E-state index contributed by atoms with van der Waals surface area (Å²) in [7, 11) is 0. The van der Waals surface area contributed by atoms with Crippen LogP contribution in [0.4, 0.5) is 0 Å². The molecule has 1 rings (SSSR count). The molecule has 36 heavy (non-hydrogen) atoms. The van der Waals surface area contributed by atoms with E-state index in [2.05, 4.69) is 26.0 Å². The van der Waals surface area contributed by atoms with Crippen LogP contribution in [0.25, 0.3) is 0 Å². The van der Waals surface area contributed by atoms with E-state index < -0.39 is 0 Å². The Hall–Kier alpha value is -2.14. The zero-order chi connectivity index (χ0) is 26.3. The maximum absolute atomic E-state index is 13.1. The molecule has 1 aromatic rings. The van der Waals surface area contributed by atoms with Crippen molar-refractivity contribution in [3.63, 3.8) is 0 Å². The molecule has 0 aliphatic heterocycles. The minimum atomic E-state index is -0.354. The number of amides is 2. The van der Waals surface area contributed by atoms with Gasteiger partial charge in [-0.1, -0.05) is 114 Å². The largest absolute Gasteiger partial charge is 0.370 e. The Kier molecular flexibility index (Phi) is 19.6. The Morgan fingerprint density at radius 1 is 0.861 bits per heavy atom. The predicted octanol–water partition coefficient (Wildman–Crippen LogP) is 7.89. The van der Waals surface area contributed by atoms with E-state index >= 15 is 0 Å². The number of nitrogens with two attached hydrogens (primary N) is 1. The smallest absolute Gasteiger partial charge is 0.246 e. The van der Waals surface area contributed by atoms with Crippen LogP contribution in [0, 0.1) is 5.92 Å². The lowest BCUT2D eigenvalue weighted by Crippen LogP contribution is -2.32. The van der Waals surface area contributed by atoms with Crippen molar-refractivity contribution in [1.29, 1.82) is 0 Å². The van der Waals surface area contributed by atoms with Gasteiger partial charge in [0.15, 0.2) is 0 Å². The first-order chi connectivity index (χ1) is 17.6. The maximum atomic E-state index is 13.1. The fourth-order valence-corrected chi connectivity index (χ4v) is 4.32. The molecule has 0 aliphatic rings. The van der Waals surface area contributed by atoms with Gasteiger partial charge in [-0.15, -0.1) is 0 Å². The molecule has 0 spiro atoms. The van der Waals surface area contributed by atoms with Crippen LogP contribution >= 0.6 is 0 Å². The Bertz CT molecular complexity index is 705. The lowest BCUT2D eigenvalue weighted by molar-refractivity contribution is -0.192. The molecule has 0 bridgehead atoms. The number of hydroxylamine groups is 2. The van der Waals surface area contributed by atoms with Gasteiger partial charge in [-0.2, -0.15) is 0 Å². The number of unbranched alkanes of at least 4 members (excludes halogenated alkanes) is 9. The molecule has 1 unspecified atom stereocenters. The van der Waals surface area contributed by atoms with Crippen molar-refractivity contribution in [3.05, 3.63) is 48.0 Å². The summed E-state index contributed by atoms with van der Waals surface area (Å²) in [5, 5.41) is 1.45. The van der Waals surface area contributed by atoms with Crippen molar-refractivity contribution >= 4 is 11.8 Å². The Balaban J connectivity index is 2.59. The number of primary amides is 1. The van der Waals surface area contributed by atoms with Gasteiger partial charge in [-0.05, 0) is 43.6 Å². The fourth-order valence-electron chi connectivity index (χ4n) is 4.32. The number of carbonyl (C=O) groups is 2. The minimum absolute atomic E-state index is 0.0155. The van der Waals surface area contributed by atoms with E-state index in [0.29, 0.717) is 31.9 Å². The van der Waals surface area contributed by atoms with Gasteiger partial charge >= 0.3 is 0 Å². The zero-order valence-electron chi connectivity index (χ0n) is 23.1. The molecule has 1 atom stereocenters. The number of carbonyl (C=O) groups excluding carboxylic acids is 2. The summed E-state index contributed by atoms with van der Waals surface area (Å²) in [5.41, 5.74) is 6.30. The second kappa shape index (κ2) is 22.1. The van der Waals surface area contributed by atoms with E-state index in [1.54, 1.807) is 0 Å². The number of nitrogens with zero attached hydrogens (tertiary/aromatic N) is 1. The number of hydrogen-bond acceptors (Lipinski definition) is 3. The van der Waals surface area contributed by atoms with Crippen LogP contribution in [0.3, 0.4) is 0 Å². The summed E-state index contributed by atoms with van der Waals surface area (Å²) < 4.78 is 0. The Morgan fingerprint density at radius 3 is 2.22 bits per heavy atom. The van der Waals surface area contributed by atoms with Crippen molar-refractivity contribution in [2.75, 3.05) is 6.54 Å². The molecule has 0 fully saturated rings. The van der Waals surface area contributed by atoms with Crippen LogP contribution in [0.15, 0.2) is 42.5 Å². The molecule has 2 N–H and O–H groups in total.